The van der Waals surface area contributed by atoms with Crippen LogP contribution in [-0.4, -0.2) is 11.8 Å². The third-order valence-corrected chi connectivity index (χ3v) is 1.27. The minimum absolute atomic E-state index is 0.0547. The second-order valence-corrected chi connectivity index (χ2v) is 2.19. The van der Waals surface area contributed by atoms with Crippen LogP contribution in [0.5, 0.6) is 0 Å². The number of terminal acetylenes is 2. The van der Waals surface area contributed by atoms with Crippen molar-refractivity contribution in [1.29, 1.82) is 0 Å². The SMILES string of the molecule is C#CCCC(=O)C(N)CC#C. The number of ketones is 1. The van der Waals surface area contributed by atoms with Crippen molar-refractivity contribution in [3.63, 3.8) is 0 Å². The summed E-state index contributed by atoms with van der Waals surface area (Å²) < 4.78 is 0. The Labute approximate surface area is 67.2 Å². The molecule has 0 aromatic carbocycles. The minimum atomic E-state index is -0.534. The number of hydrogen-bond donors (Lipinski definition) is 1. The van der Waals surface area contributed by atoms with Gasteiger partial charge in [-0.25, -0.2) is 0 Å². The van der Waals surface area contributed by atoms with E-state index in [0.717, 1.165) is 0 Å². The maximum atomic E-state index is 11.0. The van der Waals surface area contributed by atoms with Crippen molar-refractivity contribution in [2.24, 2.45) is 5.73 Å². The van der Waals surface area contributed by atoms with E-state index in [2.05, 4.69) is 11.8 Å². The smallest absolute Gasteiger partial charge is 0.151 e. The highest BCUT2D eigenvalue weighted by Gasteiger charge is 2.10. The molecule has 0 amide bonds. The number of rotatable bonds is 4. The Hall–Kier alpha value is -1.25. The molecule has 0 heterocycles. The van der Waals surface area contributed by atoms with Crippen molar-refractivity contribution < 1.29 is 4.79 Å². The molecule has 0 aromatic heterocycles. The van der Waals surface area contributed by atoms with Crippen LogP contribution in [-0.2, 0) is 4.79 Å². The van der Waals surface area contributed by atoms with Gasteiger partial charge in [-0.2, -0.15) is 0 Å². The molecule has 0 aromatic rings. The van der Waals surface area contributed by atoms with Gasteiger partial charge in [0.15, 0.2) is 5.78 Å². The Balaban J connectivity index is 3.68. The number of nitrogens with two attached hydrogens (primary N) is 1. The molecule has 0 aliphatic rings. The maximum absolute atomic E-state index is 11.0. The zero-order chi connectivity index (χ0) is 8.69. The fourth-order valence-corrected chi connectivity index (χ4v) is 0.622. The van der Waals surface area contributed by atoms with Gasteiger partial charge in [-0.15, -0.1) is 24.7 Å². The maximum Gasteiger partial charge on any atom is 0.151 e. The minimum Gasteiger partial charge on any atom is -0.321 e. The highest BCUT2D eigenvalue weighted by Crippen LogP contribution is 1.95. The van der Waals surface area contributed by atoms with Crippen molar-refractivity contribution in [2.75, 3.05) is 0 Å². The van der Waals surface area contributed by atoms with Gasteiger partial charge in [0.1, 0.15) is 0 Å². The first kappa shape index (κ1) is 9.75. The first-order chi connectivity index (χ1) is 5.22. The van der Waals surface area contributed by atoms with Gasteiger partial charge in [-0.1, -0.05) is 0 Å². The van der Waals surface area contributed by atoms with Crippen LogP contribution in [0.4, 0.5) is 0 Å². The van der Waals surface area contributed by atoms with Crippen LogP contribution in [0.1, 0.15) is 19.3 Å². The number of hydrogen-bond acceptors (Lipinski definition) is 2. The van der Waals surface area contributed by atoms with E-state index in [0.29, 0.717) is 19.3 Å². The molecule has 2 heteroatoms. The zero-order valence-corrected chi connectivity index (χ0v) is 6.34. The molecular formula is C9H11NO. The van der Waals surface area contributed by atoms with Gasteiger partial charge >= 0.3 is 0 Å². The highest BCUT2D eigenvalue weighted by molar-refractivity contribution is 5.84. The van der Waals surface area contributed by atoms with E-state index < -0.39 is 6.04 Å². The number of Topliss-reactive ketones (excluding diaryl/α,β-unsaturated/α-hetero) is 1. The van der Waals surface area contributed by atoms with Gasteiger partial charge in [0.25, 0.3) is 0 Å². The summed E-state index contributed by atoms with van der Waals surface area (Å²) in [5.41, 5.74) is 5.41. The third-order valence-electron chi connectivity index (χ3n) is 1.27. The molecule has 0 saturated heterocycles. The molecule has 0 aliphatic carbocycles. The average Bonchev–Trinajstić information content (AvgIpc) is 2.00. The van der Waals surface area contributed by atoms with Crippen molar-refractivity contribution in [1.82, 2.24) is 0 Å². The Morgan fingerprint density at radius 2 is 2.09 bits per heavy atom. The lowest BCUT2D eigenvalue weighted by molar-refractivity contribution is -0.120. The largest absolute Gasteiger partial charge is 0.321 e. The van der Waals surface area contributed by atoms with Gasteiger partial charge in [-0.3, -0.25) is 4.79 Å². The molecule has 0 fully saturated rings. The highest BCUT2D eigenvalue weighted by atomic mass is 16.1. The average molecular weight is 149 g/mol. The summed E-state index contributed by atoms with van der Waals surface area (Å²) in [6.45, 7) is 0. The number of carbonyl (C=O) groups excluding carboxylic acids is 1. The summed E-state index contributed by atoms with van der Waals surface area (Å²) >= 11 is 0. The van der Waals surface area contributed by atoms with Gasteiger partial charge in [0.2, 0.25) is 0 Å². The van der Waals surface area contributed by atoms with Crippen molar-refractivity contribution >= 4 is 5.78 Å². The van der Waals surface area contributed by atoms with E-state index in [1.165, 1.54) is 0 Å². The standard InChI is InChI=1S/C9H11NO/c1-3-5-7-9(11)8(10)6-4-2/h1-2,8H,5-7,10H2. The van der Waals surface area contributed by atoms with Crippen LogP contribution in [0, 0.1) is 24.7 Å². The quantitative estimate of drug-likeness (QED) is 0.585. The molecule has 11 heavy (non-hydrogen) atoms. The van der Waals surface area contributed by atoms with Crippen molar-refractivity contribution in [3.05, 3.63) is 0 Å². The van der Waals surface area contributed by atoms with Crippen molar-refractivity contribution in [2.45, 2.75) is 25.3 Å². The monoisotopic (exact) mass is 149 g/mol. The van der Waals surface area contributed by atoms with E-state index in [1.54, 1.807) is 0 Å². The Bertz CT molecular complexity index is 207. The van der Waals surface area contributed by atoms with Gasteiger partial charge in [0, 0.05) is 19.3 Å². The molecule has 58 valence electrons. The molecular weight excluding hydrogens is 138 g/mol. The second kappa shape index (κ2) is 5.53. The second-order valence-electron chi connectivity index (χ2n) is 2.19. The summed E-state index contributed by atoms with van der Waals surface area (Å²) in [5, 5.41) is 0. The van der Waals surface area contributed by atoms with E-state index in [-0.39, 0.29) is 5.78 Å². The molecule has 0 aliphatic heterocycles. The van der Waals surface area contributed by atoms with Crippen LogP contribution in [0.3, 0.4) is 0 Å². The molecule has 0 saturated carbocycles. The summed E-state index contributed by atoms with van der Waals surface area (Å²) in [6.07, 6.45) is 11.0. The van der Waals surface area contributed by atoms with Gasteiger partial charge in [-0.05, 0) is 0 Å². The molecule has 0 spiro atoms. The first-order valence-corrected chi connectivity index (χ1v) is 3.37. The summed E-state index contributed by atoms with van der Waals surface area (Å²) in [6, 6.07) is -0.534. The number of carbonyl (C=O) groups is 1. The van der Waals surface area contributed by atoms with Gasteiger partial charge in [0.05, 0.1) is 6.04 Å². The van der Waals surface area contributed by atoms with E-state index >= 15 is 0 Å². The van der Waals surface area contributed by atoms with E-state index in [9.17, 15) is 4.79 Å². The van der Waals surface area contributed by atoms with Crippen LogP contribution in [0.15, 0.2) is 0 Å². The predicted octanol–water partition coefficient (Wildman–Crippen LogP) is 0.320. The lowest BCUT2D eigenvalue weighted by Gasteiger charge is -2.03. The Morgan fingerprint density at radius 3 is 2.55 bits per heavy atom. The topological polar surface area (TPSA) is 43.1 Å². The zero-order valence-electron chi connectivity index (χ0n) is 6.34. The lowest BCUT2D eigenvalue weighted by Crippen LogP contribution is -2.29. The summed E-state index contributed by atoms with van der Waals surface area (Å²) in [5.74, 6) is 4.64. The summed E-state index contributed by atoms with van der Waals surface area (Å²) in [4.78, 5) is 11.0. The molecule has 0 bridgehead atoms. The molecule has 2 N–H and O–H groups in total. The van der Waals surface area contributed by atoms with Gasteiger partial charge < -0.3 is 5.73 Å². The third kappa shape index (κ3) is 4.19. The fraction of sp³-hybridized carbons (Fsp3) is 0.444. The van der Waals surface area contributed by atoms with Crippen LogP contribution >= 0.6 is 0 Å². The van der Waals surface area contributed by atoms with Crippen LogP contribution < -0.4 is 5.73 Å². The molecule has 2 nitrogen and oxygen atoms in total. The Kier molecular flexibility index (Phi) is 4.90. The Morgan fingerprint density at radius 1 is 1.45 bits per heavy atom. The van der Waals surface area contributed by atoms with Crippen LogP contribution in [0.25, 0.3) is 0 Å². The van der Waals surface area contributed by atoms with Crippen molar-refractivity contribution in [3.8, 4) is 24.7 Å². The normalized spacial score (nSPS) is 11.2. The molecule has 1 unspecified atom stereocenters. The summed E-state index contributed by atoms with van der Waals surface area (Å²) in [7, 11) is 0. The van der Waals surface area contributed by atoms with E-state index in [1.807, 2.05) is 0 Å². The fourth-order valence-electron chi connectivity index (χ4n) is 0.622. The lowest BCUT2D eigenvalue weighted by atomic mass is 10.1. The molecule has 0 radical (unpaired) electrons. The van der Waals surface area contributed by atoms with E-state index in [4.69, 9.17) is 18.6 Å². The first-order valence-electron chi connectivity index (χ1n) is 3.37. The molecule has 1 atom stereocenters. The van der Waals surface area contributed by atoms with Crippen LogP contribution in [0.2, 0.25) is 0 Å². The molecule has 0 rings (SSSR count). The predicted molar refractivity (Wildman–Crippen MR) is 44.5 cm³/mol.